The summed E-state index contributed by atoms with van der Waals surface area (Å²) < 4.78 is 5.26. The Morgan fingerprint density at radius 1 is 1.32 bits per heavy atom. The van der Waals surface area contributed by atoms with Gasteiger partial charge in [-0.15, -0.1) is 0 Å². The van der Waals surface area contributed by atoms with Gasteiger partial charge >= 0.3 is 0 Å². The van der Waals surface area contributed by atoms with Gasteiger partial charge in [-0.05, 0) is 50.6 Å². The Morgan fingerprint density at radius 3 is 2.59 bits per heavy atom. The molecule has 0 bridgehead atoms. The zero-order chi connectivity index (χ0) is 15.5. The van der Waals surface area contributed by atoms with Crippen LogP contribution in [0, 0.1) is 6.92 Å². The van der Waals surface area contributed by atoms with Gasteiger partial charge in [0.2, 0.25) is 5.89 Å². The number of hydrogen-bond donors (Lipinski definition) is 1. The van der Waals surface area contributed by atoms with Crippen molar-refractivity contribution in [1.29, 1.82) is 0 Å². The average Bonchev–Trinajstić information content (AvgIpc) is 2.95. The van der Waals surface area contributed by atoms with Crippen LogP contribution in [0.5, 0.6) is 0 Å². The summed E-state index contributed by atoms with van der Waals surface area (Å²) in [5, 5.41) is 14.9. The molecule has 118 valence electrons. The molecule has 0 radical (unpaired) electrons. The number of nitrogens with zero attached hydrogens (tertiary/aromatic N) is 3. The lowest BCUT2D eigenvalue weighted by molar-refractivity contribution is 0.0941. The first-order valence-corrected chi connectivity index (χ1v) is 7.95. The molecule has 1 aromatic carbocycles. The maximum atomic E-state index is 10.3. The second-order valence-electron chi connectivity index (χ2n) is 5.82. The summed E-state index contributed by atoms with van der Waals surface area (Å²) in [5.74, 6) is 1.77. The predicted octanol–water partition coefficient (Wildman–Crippen LogP) is 2.94. The van der Waals surface area contributed by atoms with Gasteiger partial charge in [0.05, 0.1) is 6.10 Å². The Hall–Kier alpha value is -1.43. The number of likely N-dealkylation sites (tertiary alicyclic amines) is 1. The Kier molecular flexibility index (Phi) is 4.76. The zero-order valence-corrected chi connectivity index (χ0v) is 13.3. The molecule has 1 N–H and O–H groups in total. The van der Waals surface area contributed by atoms with E-state index in [2.05, 4.69) is 15.0 Å². The van der Waals surface area contributed by atoms with Gasteiger partial charge < -0.3 is 14.5 Å². The SMILES string of the molecule is Cc1noc(C2CCN(CC(O)c3ccc(Cl)cc3)CC2)n1. The van der Waals surface area contributed by atoms with Gasteiger partial charge in [0, 0.05) is 17.5 Å². The van der Waals surface area contributed by atoms with Crippen LogP contribution in [0.15, 0.2) is 28.8 Å². The summed E-state index contributed by atoms with van der Waals surface area (Å²) in [5.41, 5.74) is 0.902. The highest BCUT2D eigenvalue weighted by molar-refractivity contribution is 6.30. The van der Waals surface area contributed by atoms with Crippen LogP contribution in [0.4, 0.5) is 0 Å². The molecule has 1 saturated heterocycles. The van der Waals surface area contributed by atoms with E-state index in [-0.39, 0.29) is 0 Å². The second kappa shape index (κ2) is 6.77. The van der Waals surface area contributed by atoms with E-state index in [0.29, 0.717) is 23.3 Å². The van der Waals surface area contributed by atoms with Gasteiger partial charge in [-0.1, -0.05) is 28.9 Å². The molecule has 1 aliphatic heterocycles. The minimum absolute atomic E-state index is 0.338. The van der Waals surface area contributed by atoms with E-state index >= 15 is 0 Å². The number of aromatic nitrogens is 2. The lowest BCUT2D eigenvalue weighted by Crippen LogP contribution is -2.36. The van der Waals surface area contributed by atoms with Crippen LogP contribution < -0.4 is 0 Å². The summed E-state index contributed by atoms with van der Waals surface area (Å²) in [6.07, 6.45) is 1.48. The summed E-state index contributed by atoms with van der Waals surface area (Å²) >= 11 is 5.87. The molecule has 22 heavy (non-hydrogen) atoms. The van der Waals surface area contributed by atoms with Crippen molar-refractivity contribution in [3.05, 3.63) is 46.6 Å². The van der Waals surface area contributed by atoms with E-state index in [1.54, 1.807) is 0 Å². The number of hydrogen-bond acceptors (Lipinski definition) is 5. The van der Waals surface area contributed by atoms with E-state index in [9.17, 15) is 5.11 Å². The van der Waals surface area contributed by atoms with E-state index in [0.717, 1.165) is 37.4 Å². The Labute approximate surface area is 134 Å². The van der Waals surface area contributed by atoms with Crippen LogP contribution in [0.3, 0.4) is 0 Å². The molecule has 0 amide bonds. The number of halogens is 1. The third kappa shape index (κ3) is 3.66. The first kappa shape index (κ1) is 15.5. The summed E-state index contributed by atoms with van der Waals surface area (Å²) in [4.78, 5) is 6.59. The Bertz CT molecular complexity index is 606. The number of rotatable bonds is 4. The van der Waals surface area contributed by atoms with E-state index in [1.165, 1.54) is 0 Å². The maximum absolute atomic E-state index is 10.3. The topological polar surface area (TPSA) is 62.4 Å². The zero-order valence-electron chi connectivity index (χ0n) is 12.6. The van der Waals surface area contributed by atoms with Crippen molar-refractivity contribution in [3.8, 4) is 0 Å². The third-order valence-electron chi connectivity index (χ3n) is 4.17. The van der Waals surface area contributed by atoms with Crippen LogP contribution in [-0.2, 0) is 0 Å². The minimum Gasteiger partial charge on any atom is -0.387 e. The molecular formula is C16H20ClN3O2. The largest absolute Gasteiger partial charge is 0.387 e. The lowest BCUT2D eigenvalue weighted by atomic mass is 9.96. The van der Waals surface area contributed by atoms with Crippen LogP contribution in [0.1, 0.15) is 42.1 Å². The van der Waals surface area contributed by atoms with Crippen LogP contribution in [0.25, 0.3) is 0 Å². The maximum Gasteiger partial charge on any atom is 0.229 e. The van der Waals surface area contributed by atoms with Gasteiger partial charge in [-0.2, -0.15) is 4.98 Å². The molecule has 1 aliphatic rings. The summed E-state index contributed by atoms with van der Waals surface area (Å²) in [6.45, 7) is 4.33. The normalized spacial score (nSPS) is 18.5. The Balaban J connectivity index is 1.52. The van der Waals surface area contributed by atoms with Crippen LogP contribution in [0.2, 0.25) is 5.02 Å². The van der Waals surface area contributed by atoms with E-state index < -0.39 is 6.10 Å². The van der Waals surface area contributed by atoms with Gasteiger partial charge in [0.25, 0.3) is 0 Å². The first-order valence-electron chi connectivity index (χ1n) is 7.58. The molecule has 1 aromatic heterocycles. The van der Waals surface area contributed by atoms with Crippen LogP contribution >= 0.6 is 11.6 Å². The average molecular weight is 322 g/mol. The molecule has 1 fully saturated rings. The Morgan fingerprint density at radius 2 is 2.00 bits per heavy atom. The fraction of sp³-hybridized carbons (Fsp3) is 0.500. The van der Waals surface area contributed by atoms with Crippen molar-refractivity contribution < 1.29 is 9.63 Å². The molecule has 2 heterocycles. The molecule has 2 aromatic rings. The lowest BCUT2D eigenvalue weighted by Gasteiger charge is -2.31. The highest BCUT2D eigenvalue weighted by atomic mass is 35.5. The molecule has 1 atom stereocenters. The van der Waals surface area contributed by atoms with Gasteiger partial charge in [0.1, 0.15) is 0 Å². The number of β-amino-alcohol motifs (C(OH)–C–C–N with tert-alkyl or cyclic N) is 1. The number of aryl methyl sites for hydroxylation is 1. The number of aliphatic hydroxyl groups is 1. The van der Waals surface area contributed by atoms with Gasteiger partial charge in [-0.25, -0.2) is 0 Å². The third-order valence-corrected chi connectivity index (χ3v) is 4.42. The minimum atomic E-state index is -0.487. The quantitative estimate of drug-likeness (QED) is 0.938. The number of benzene rings is 1. The highest BCUT2D eigenvalue weighted by Gasteiger charge is 2.26. The predicted molar refractivity (Wildman–Crippen MR) is 83.9 cm³/mol. The van der Waals surface area contributed by atoms with Crippen molar-refractivity contribution in [3.63, 3.8) is 0 Å². The molecule has 1 unspecified atom stereocenters. The molecule has 0 aliphatic carbocycles. The molecular weight excluding hydrogens is 302 g/mol. The summed E-state index contributed by atoms with van der Waals surface area (Å²) in [7, 11) is 0. The molecule has 0 saturated carbocycles. The highest BCUT2D eigenvalue weighted by Crippen LogP contribution is 2.28. The van der Waals surface area contributed by atoms with Crippen LogP contribution in [-0.4, -0.2) is 39.8 Å². The molecule has 3 rings (SSSR count). The first-order chi connectivity index (χ1) is 10.6. The number of piperidine rings is 1. The van der Waals surface area contributed by atoms with Crippen molar-refractivity contribution in [2.24, 2.45) is 0 Å². The van der Waals surface area contributed by atoms with Gasteiger partial charge in [0.15, 0.2) is 5.82 Å². The smallest absolute Gasteiger partial charge is 0.229 e. The second-order valence-corrected chi connectivity index (χ2v) is 6.26. The van der Waals surface area contributed by atoms with Crippen molar-refractivity contribution in [2.75, 3.05) is 19.6 Å². The summed E-state index contributed by atoms with van der Waals surface area (Å²) in [6, 6.07) is 7.37. The fourth-order valence-corrected chi connectivity index (χ4v) is 3.00. The number of aliphatic hydroxyl groups excluding tert-OH is 1. The van der Waals surface area contributed by atoms with Gasteiger partial charge in [-0.3, -0.25) is 0 Å². The fourth-order valence-electron chi connectivity index (χ4n) is 2.88. The van der Waals surface area contributed by atoms with Crippen molar-refractivity contribution >= 4 is 11.6 Å². The van der Waals surface area contributed by atoms with Crippen molar-refractivity contribution in [1.82, 2.24) is 15.0 Å². The van der Waals surface area contributed by atoms with Crippen molar-refractivity contribution in [2.45, 2.75) is 31.8 Å². The molecule has 0 spiro atoms. The van der Waals surface area contributed by atoms with E-state index in [1.807, 2.05) is 31.2 Å². The monoisotopic (exact) mass is 321 g/mol. The van der Waals surface area contributed by atoms with E-state index in [4.69, 9.17) is 16.1 Å². The molecule has 6 heteroatoms. The molecule has 5 nitrogen and oxygen atoms in total. The standard InChI is InChI=1S/C16H20ClN3O2/c1-11-18-16(22-19-11)13-6-8-20(9-7-13)10-15(21)12-2-4-14(17)5-3-12/h2-5,13,15,21H,6-10H2,1H3.